The maximum absolute atomic E-state index is 3.33. The van der Waals surface area contributed by atoms with E-state index in [1.807, 2.05) is 0 Å². The van der Waals surface area contributed by atoms with Crippen LogP contribution in [0.15, 0.2) is 0 Å². The Labute approximate surface area is 70.6 Å². The van der Waals surface area contributed by atoms with Crippen LogP contribution in [-0.2, 0) is 0 Å². The van der Waals surface area contributed by atoms with E-state index in [0.717, 1.165) is 0 Å². The van der Waals surface area contributed by atoms with Crippen LogP contribution in [-0.4, -0.2) is 13.6 Å². The van der Waals surface area contributed by atoms with Crippen molar-refractivity contribution in [1.29, 1.82) is 0 Å². The van der Waals surface area contributed by atoms with E-state index in [1.165, 1.54) is 45.1 Å². The van der Waals surface area contributed by atoms with Gasteiger partial charge < -0.3 is 5.32 Å². The Balaban J connectivity index is 2.42. The first kappa shape index (κ1) is 9.05. The fourth-order valence-corrected chi connectivity index (χ4v) is 2.33. The van der Waals surface area contributed by atoms with Crippen LogP contribution in [0.4, 0.5) is 0 Å². The maximum atomic E-state index is 3.33. The Bertz CT molecular complexity index is 97.9. The number of hydrogen-bond donors (Lipinski definition) is 1. The van der Waals surface area contributed by atoms with Gasteiger partial charge in [-0.1, -0.05) is 26.2 Å². The molecule has 0 bridgehead atoms. The Morgan fingerprint density at radius 1 is 1.18 bits per heavy atom. The molecule has 0 aromatic carbocycles. The lowest BCUT2D eigenvalue weighted by Crippen LogP contribution is -2.33. The van der Waals surface area contributed by atoms with Crippen LogP contribution in [0.1, 0.15) is 45.4 Å². The fraction of sp³-hybridized carbons (Fsp3) is 1.00. The molecule has 1 heteroatoms. The van der Waals surface area contributed by atoms with E-state index in [-0.39, 0.29) is 0 Å². The molecule has 0 amide bonds. The van der Waals surface area contributed by atoms with Crippen LogP contribution in [0.5, 0.6) is 0 Å². The highest BCUT2D eigenvalue weighted by Gasteiger charge is 2.28. The van der Waals surface area contributed by atoms with Crippen molar-refractivity contribution in [3.63, 3.8) is 0 Å². The quantitative estimate of drug-likeness (QED) is 0.660. The first-order valence-corrected chi connectivity index (χ1v) is 4.97. The van der Waals surface area contributed by atoms with Crippen molar-refractivity contribution in [2.75, 3.05) is 13.6 Å². The van der Waals surface area contributed by atoms with E-state index < -0.39 is 0 Å². The van der Waals surface area contributed by atoms with Gasteiger partial charge in [-0.3, -0.25) is 0 Å². The highest BCUT2D eigenvalue weighted by molar-refractivity contribution is 4.82. The SMILES string of the molecule is CCC1(CNC)CCCCC1. The summed E-state index contributed by atoms with van der Waals surface area (Å²) >= 11 is 0. The zero-order valence-corrected chi connectivity index (χ0v) is 7.95. The molecule has 0 aliphatic heterocycles. The van der Waals surface area contributed by atoms with Gasteiger partial charge in [-0.25, -0.2) is 0 Å². The summed E-state index contributed by atoms with van der Waals surface area (Å²) in [5.41, 5.74) is 0.660. The molecule has 11 heavy (non-hydrogen) atoms. The Morgan fingerprint density at radius 3 is 2.27 bits per heavy atom. The summed E-state index contributed by atoms with van der Waals surface area (Å²) in [7, 11) is 2.08. The van der Waals surface area contributed by atoms with E-state index in [2.05, 4.69) is 19.3 Å². The lowest BCUT2D eigenvalue weighted by atomic mass is 9.72. The predicted molar refractivity (Wildman–Crippen MR) is 49.7 cm³/mol. The molecular formula is C10H21N. The van der Waals surface area contributed by atoms with Crippen molar-refractivity contribution in [3.05, 3.63) is 0 Å². The third-order valence-electron chi connectivity index (χ3n) is 3.22. The van der Waals surface area contributed by atoms with E-state index in [9.17, 15) is 0 Å². The van der Waals surface area contributed by atoms with Crippen molar-refractivity contribution >= 4 is 0 Å². The zero-order valence-electron chi connectivity index (χ0n) is 7.95. The van der Waals surface area contributed by atoms with Gasteiger partial charge in [0.25, 0.3) is 0 Å². The first-order valence-electron chi connectivity index (χ1n) is 4.97. The van der Waals surface area contributed by atoms with Crippen LogP contribution in [0.25, 0.3) is 0 Å². The molecule has 1 N–H and O–H groups in total. The molecule has 1 saturated carbocycles. The Hall–Kier alpha value is -0.0400. The predicted octanol–water partition coefficient (Wildman–Crippen LogP) is 2.57. The molecule has 0 unspecified atom stereocenters. The summed E-state index contributed by atoms with van der Waals surface area (Å²) in [6.07, 6.45) is 8.62. The monoisotopic (exact) mass is 155 g/mol. The Kier molecular flexibility index (Phi) is 3.38. The van der Waals surface area contributed by atoms with E-state index in [4.69, 9.17) is 0 Å². The summed E-state index contributed by atoms with van der Waals surface area (Å²) in [4.78, 5) is 0. The molecule has 0 aromatic heterocycles. The van der Waals surface area contributed by atoms with Crippen molar-refractivity contribution in [2.24, 2.45) is 5.41 Å². The third kappa shape index (κ3) is 2.19. The third-order valence-corrected chi connectivity index (χ3v) is 3.22. The van der Waals surface area contributed by atoms with E-state index in [0.29, 0.717) is 5.41 Å². The molecule has 1 aliphatic carbocycles. The molecule has 0 aromatic rings. The molecule has 1 nitrogen and oxygen atoms in total. The first-order chi connectivity index (χ1) is 5.33. The molecular weight excluding hydrogens is 134 g/mol. The lowest BCUT2D eigenvalue weighted by molar-refractivity contribution is 0.178. The van der Waals surface area contributed by atoms with Gasteiger partial charge in [0.05, 0.1) is 0 Å². The second-order valence-corrected chi connectivity index (χ2v) is 3.94. The number of nitrogens with one attached hydrogen (secondary N) is 1. The second kappa shape index (κ2) is 4.10. The van der Waals surface area contributed by atoms with Crippen molar-refractivity contribution in [3.8, 4) is 0 Å². The lowest BCUT2D eigenvalue weighted by Gasteiger charge is -2.36. The van der Waals surface area contributed by atoms with Crippen LogP contribution in [0.3, 0.4) is 0 Å². The summed E-state index contributed by atoms with van der Waals surface area (Å²) in [5, 5.41) is 3.33. The molecule has 0 spiro atoms. The minimum absolute atomic E-state index is 0.660. The smallest absolute Gasteiger partial charge is 0.000470 e. The van der Waals surface area contributed by atoms with Crippen molar-refractivity contribution < 1.29 is 0 Å². The van der Waals surface area contributed by atoms with Crippen molar-refractivity contribution in [1.82, 2.24) is 5.32 Å². The minimum atomic E-state index is 0.660. The summed E-state index contributed by atoms with van der Waals surface area (Å²) in [5.74, 6) is 0. The molecule has 66 valence electrons. The fourth-order valence-electron chi connectivity index (χ4n) is 2.33. The van der Waals surface area contributed by atoms with Gasteiger partial charge in [0, 0.05) is 6.54 Å². The topological polar surface area (TPSA) is 12.0 Å². The van der Waals surface area contributed by atoms with Gasteiger partial charge in [-0.05, 0) is 31.7 Å². The second-order valence-electron chi connectivity index (χ2n) is 3.94. The molecule has 1 aliphatic rings. The minimum Gasteiger partial charge on any atom is -0.319 e. The average molecular weight is 155 g/mol. The zero-order chi connectivity index (χ0) is 8.16. The maximum Gasteiger partial charge on any atom is 0.000470 e. The van der Waals surface area contributed by atoms with Crippen LogP contribution in [0, 0.1) is 5.41 Å². The molecule has 0 heterocycles. The average Bonchev–Trinajstić information content (AvgIpc) is 2.07. The summed E-state index contributed by atoms with van der Waals surface area (Å²) < 4.78 is 0. The summed E-state index contributed by atoms with van der Waals surface area (Å²) in [6.45, 7) is 3.56. The van der Waals surface area contributed by atoms with Gasteiger partial charge in [0.1, 0.15) is 0 Å². The van der Waals surface area contributed by atoms with Crippen LogP contribution < -0.4 is 5.32 Å². The van der Waals surface area contributed by atoms with Gasteiger partial charge >= 0.3 is 0 Å². The standard InChI is InChI=1S/C10H21N/c1-3-10(9-11-2)7-5-4-6-8-10/h11H,3-9H2,1-2H3. The highest BCUT2D eigenvalue weighted by atomic mass is 14.8. The van der Waals surface area contributed by atoms with Gasteiger partial charge in [0.15, 0.2) is 0 Å². The van der Waals surface area contributed by atoms with Gasteiger partial charge in [-0.15, -0.1) is 0 Å². The molecule has 0 atom stereocenters. The number of rotatable bonds is 3. The molecule has 1 rings (SSSR count). The largest absolute Gasteiger partial charge is 0.319 e. The van der Waals surface area contributed by atoms with Gasteiger partial charge in [-0.2, -0.15) is 0 Å². The van der Waals surface area contributed by atoms with E-state index >= 15 is 0 Å². The molecule has 0 radical (unpaired) electrons. The molecule has 1 fully saturated rings. The summed E-state index contributed by atoms with van der Waals surface area (Å²) in [6, 6.07) is 0. The van der Waals surface area contributed by atoms with E-state index in [1.54, 1.807) is 0 Å². The van der Waals surface area contributed by atoms with Crippen LogP contribution >= 0.6 is 0 Å². The van der Waals surface area contributed by atoms with Gasteiger partial charge in [0.2, 0.25) is 0 Å². The number of hydrogen-bond acceptors (Lipinski definition) is 1. The molecule has 0 saturated heterocycles. The van der Waals surface area contributed by atoms with Crippen molar-refractivity contribution in [2.45, 2.75) is 45.4 Å². The Morgan fingerprint density at radius 2 is 1.82 bits per heavy atom. The highest BCUT2D eigenvalue weighted by Crippen LogP contribution is 2.38. The van der Waals surface area contributed by atoms with Crippen LogP contribution in [0.2, 0.25) is 0 Å². The normalized spacial score (nSPS) is 23.5.